The summed E-state index contributed by atoms with van der Waals surface area (Å²) < 4.78 is 5.79. The topological polar surface area (TPSA) is 73.9 Å². The van der Waals surface area contributed by atoms with Crippen LogP contribution in [0.2, 0.25) is 0 Å². The average Bonchev–Trinajstić information content (AvgIpc) is 2.59. The summed E-state index contributed by atoms with van der Waals surface area (Å²) in [5.41, 5.74) is 6.61. The Labute approximate surface area is 131 Å². The highest BCUT2D eigenvalue weighted by Crippen LogP contribution is 2.26. The van der Waals surface area contributed by atoms with Crippen molar-refractivity contribution in [3.05, 3.63) is 54.5 Å². The normalized spacial score (nSPS) is 9.14. The van der Waals surface area contributed by atoms with Gasteiger partial charge in [0.25, 0.3) is 0 Å². The van der Waals surface area contributed by atoms with Gasteiger partial charge in [-0.15, -0.1) is 0 Å². The van der Waals surface area contributed by atoms with Gasteiger partial charge in [-0.25, -0.2) is 15.0 Å². The summed E-state index contributed by atoms with van der Waals surface area (Å²) >= 11 is 0. The Morgan fingerprint density at radius 3 is 2.32 bits per heavy atom. The number of nitrogens with two attached hydrogens (primary N) is 1. The zero-order valence-electron chi connectivity index (χ0n) is 13.4. The fourth-order valence-electron chi connectivity index (χ4n) is 1.68. The number of hydrogen-bond donors (Lipinski definition) is 1. The third-order valence-corrected chi connectivity index (χ3v) is 2.50. The molecular weight excluding hydrogens is 276 g/mol. The van der Waals surface area contributed by atoms with Crippen LogP contribution in [-0.4, -0.2) is 22.0 Å². The minimum Gasteiger partial charge on any atom is -0.455 e. The molecule has 0 aliphatic heterocycles. The third-order valence-electron chi connectivity index (χ3n) is 2.50. The van der Waals surface area contributed by atoms with Crippen LogP contribution in [-0.2, 0) is 0 Å². The van der Waals surface area contributed by atoms with Gasteiger partial charge in [0, 0.05) is 18.5 Å². The van der Waals surface area contributed by atoms with Crippen molar-refractivity contribution in [2.45, 2.75) is 20.8 Å². The van der Waals surface area contributed by atoms with Crippen molar-refractivity contribution in [1.82, 2.24) is 15.0 Å². The van der Waals surface area contributed by atoms with Crippen LogP contribution >= 0.6 is 0 Å². The second-order valence-electron chi connectivity index (χ2n) is 3.91. The number of fused-ring (bicyclic) bond motifs is 1. The molecule has 0 amide bonds. The van der Waals surface area contributed by atoms with Crippen molar-refractivity contribution in [1.29, 1.82) is 0 Å². The molecule has 0 aliphatic carbocycles. The molecule has 0 atom stereocenters. The molecule has 116 valence electrons. The molecule has 0 saturated carbocycles. The monoisotopic (exact) mass is 298 g/mol. The standard InChI is InChI=1S/C14H11N3O.C2H6.CH5N/c1-10-9-16-13-12(7-8-15-14(13)17-10)18-11-5-3-2-4-6-11;2*1-2/h2-9H,1H3;1-2H3;2H2,1H3. The highest BCUT2D eigenvalue weighted by Gasteiger charge is 2.06. The van der Waals surface area contributed by atoms with E-state index in [0.29, 0.717) is 16.9 Å². The highest BCUT2D eigenvalue weighted by atomic mass is 16.5. The maximum absolute atomic E-state index is 5.79. The minimum absolute atomic E-state index is 0.600. The zero-order chi connectivity index (χ0) is 16.4. The highest BCUT2D eigenvalue weighted by molar-refractivity contribution is 5.77. The van der Waals surface area contributed by atoms with Gasteiger partial charge in [0.1, 0.15) is 5.75 Å². The number of aromatic nitrogens is 3. The molecule has 2 N–H and O–H groups in total. The molecule has 5 heteroatoms. The second-order valence-corrected chi connectivity index (χ2v) is 3.91. The summed E-state index contributed by atoms with van der Waals surface area (Å²) in [6, 6.07) is 11.4. The van der Waals surface area contributed by atoms with Gasteiger partial charge in [0.2, 0.25) is 0 Å². The zero-order valence-corrected chi connectivity index (χ0v) is 13.4. The van der Waals surface area contributed by atoms with Crippen LogP contribution in [0, 0.1) is 6.92 Å². The molecule has 0 radical (unpaired) electrons. The smallest absolute Gasteiger partial charge is 0.182 e. The van der Waals surface area contributed by atoms with E-state index in [1.807, 2.05) is 51.1 Å². The van der Waals surface area contributed by atoms with Crippen LogP contribution in [0.25, 0.3) is 11.2 Å². The SMILES string of the molecule is CC.CN.Cc1cnc2c(Oc3ccccc3)ccnc2n1. The molecule has 0 unspecified atom stereocenters. The predicted octanol–water partition coefficient (Wildman–Crippen LogP) is 3.73. The van der Waals surface area contributed by atoms with Crippen LogP contribution in [0.1, 0.15) is 19.5 Å². The third kappa shape index (κ3) is 4.49. The van der Waals surface area contributed by atoms with Gasteiger partial charge >= 0.3 is 0 Å². The van der Waals surface area contributed by atoms with Gasteiger partial charge in [-0.3, -0.25) is 0 Å². The molecule has 1 aromatic carbocycles. The molecule has 0 spiro atoms. The number of hydrogen-bond acceptors (Lipinski definition) is 5. The lowest BCUT2D eigenvalue weighted by Crippen LogP contribution is -1.93. The largest absolute Gasteiger partial charge is 0.455 e. The molecule has 2 heterocycles. The van der Waals surface area contributed by atoms with Crippen molar-refractivity contribution in [3.8, 4) is 11.5 Å². The Morgan fingerprint density at radius 2 is 1.64 bits per heavy atom. The van der Waals surface area contributed by atoms with Crippen molar-refractivity contribution in [2.75, 3.05) is 7.05 Å². The van der Waals surface area contributed by atoms with Crippen molar-refractivity contribution < 1.29 is 4.74 Å². The molecular formula is C17H22N4O. The first-order chi connectivity index (χ1) is 10.8. The molecule has 5 nitrogen and oxygen atoms in total. The van der Waals surface area contributed by atoms with Crippen LogP contribution in [0.5, 0.6) is 11.5 Å². The number of ether oxygens (including phenoxy) is 1. The summed E-state index contributed by atoms with van der Waals surface area (Å²) in [4.78, 5) is 12.8. The van der Waals surface area contributed by atoms with Crippen LogP contribution < -0.4 is 10.5 Å². The van der Waals surface area contributed by atoms with E-state index in [-0.39, 0.29) is 0 Å². The molecule has 0 saturated heterocycles. The summed E-state index contributed by atoms with van der Waals surface area (Å²) in [6.45, 7) is 5.89. The number of benzene rings is 1. The molecule has 3 aromatic rings. The Morgan fingerprint density at radius 1 is 0.955 bits per heavy atom. The Hall–Kier alpha value is -2.53. The first-order valence-corrected chi connectivity index (χ1v) is 7.22. The van der Waals surface area contributed by atoms with E-state index < -0.39 is 0 Å². The Balaban J connectivity index is 0.000000561. The number of nitrogens with zero attached hydrogens (tertiary/aromatic N) is 3. The quantitative estimate of drug-likeness (QED) is 0.780. The predicted molar refractivity (Wildman–Crippen MR) is 90.0 cm³/mol. The van der Waals surface area contributed by atoms with Gasteiger partial charge < -0.3 is 10.5 Å². The number of pyridine rings is 1. The first kappa shape index (κ1) is 17.5. The van der Waals surface area contributed by atoms with Gasteiger partial charge in [0.15, 0.2) is 16.9 Å². The van der Waals surface area contributed by atoms with E-state index in [0.717, 1.165) is 11.4 Å². The summed E-state index contributed by atoms with van der Waals surface area (Å²) in [5, 5.41) is 0. The number of aryl methyl sites for hydroxylation is 1. The van der Waals surface area contributed by atoms with Gasteiger partial charge in [-0.2, -0.15) is 0 Å². The van der Waals surface area contributed by atoms with Crippen molar-refractivity contribution >= 4 is 11.2 Å². The fourth-order valence-corrected chi connectivity index (χ4v) is 1.68. The molecule has 2 aromatic heterocycles. The molecule has 3 rings (SSSR count). The maximum atomic E-state index is 5.79. The summed E-state index contributed by atoms with van der Waals surface area (Å²) in [6.07, 6.45) is 3.39. The lowest BCUT2D eigenvalue weighted by Gasteiger charge is -2.07. The van der Waals surface area contributed by atoms with Crippen LogP contribution in [0.15, 0.2) is 48.8 Å². The maximum Gasteiger partial charge on any atom is 0.182 e. The molecule has 0 bridgehead atoms. The van der Waals surface area contributed by atoms with Crippen LogP contribution in [0.3, 0.4) is 0 Å². The van der Waals surface area contributed by atoms with E-state index in [4.69, 9.17) is 4.74 Å². The molecule has 0 aliphatic rings. The fraction of sp³-hybridized carbons (Fsp3) is 0.235. The van der Waals surface area contributed by atoms with Crippen molar-refractivity contribution in [3.63, 3.8) is 0 Å². The number of rotatable bonds is 2. The van der Waals surface area contributed by atoms with E-state index in [2.05, 4.69) is 20.7 Å². The second kappa shape index (κ2) is 9.41. The Kier molecular flexibility index (Phi) is 7.50. The van der Waals surface area contributed by atoms with Gasteiger partial charge in [-0.1, -0.05) is 32.0 Å². The minimum atomic E-state index is 0.600. The molecule has 22 heavy (non-hydrogen) atoms. The first-order valence-electron chi connectivity index (χ1n) is 7.22. The van der Waals surface area contributed by atoms with Crippen molar-refractivity contribution in [2.24, 2.45) is 5.73 Å². The van der Waals surface area contributed by atoms with Crippen LogP contribution in [0.4, 0.5) is 0 Å². The van der Waals surface area contributed by atoms with E-state index in [1.165, 1.54) is 7.05 Å². The molecule has 0 fully saturated rings. The Bertz CT molecular complexity index is 687. The number of para-hydroxylation sites is 1. The average molecular weight is 298 g/mol. The lowest BCUT2D eigenvalue weighted by molar-refractivity contribution is 0.486. The van der Waals surface area contributed by atoms with E-state index in [1.54, 1.807) is 18.5 Å². The van der Waals surface area contributed by atoms with Gasteiger partial charge in [0.05, 0.1) is 5.69 Å². The van der Waals surface area contributed by atoms with Gasteiger partial charge in [-0.05, 0) is 26.1 Å². The van der Waals surface area contributed by atoms with E-state index >= 15 is 0 Å². The lowest BCUT2D eigenvalue weighted by atomic mass is 10.3. The summed E-state index contributed by atoms with van der Waals surface area (Å²) in [7, 11) is 1.50. The summed E-state index contributed by atoms with van der Waals surface area (Å²) in [5.74, 6) is 1.44. The van der Waals surface area contributed by atoms with E-state index in [9.17, 15) is 0 Å².